The highest BCUT2D eigenvalue weighted by Crippen LogP contribution is 2.31. The average molecular weight is 486 g/mol. The maximum Gasteiger partial charge on any atom is 0.350 e. The molecular weight excluding hydrogens is 464 g/mol. The molecule has 0 bridgehead atoms. The fourth-order valence-corrected chi connectivity index (χ4v) is 3.64. The Kier molecular flexibility index (Phi) is 6.14. The quantitative estimate of drug-likeness (QED) is 0.298. The van der Waals surface area contributed by atoms with Crippen LogP contribution in [0.3, 0.4) is 0 Å². The minimum Gasteiger partial charge on any atom is -0.508 e. The zero-order valence-electron chi connectivity index (χ0n) is 19.4. The number of aromatic amines is 1. The molecule has 0 saturated carbocycles. The minimum absolute atomic E-state index is 0.0127. The Morgan fingerprint density at radius 1 is 1.17 bits per heavy atom. The smallest absolute Gasteiger partial charge is 0.350 e. The van der Waals surface area contributed by atoms with E-state index >= 15 is 0 Å². The number of hydrogen-bond acceptors (Lipinski definition) is 10. The number of hydrogen-bond donors (Lipinski definition) is 3. The van der Waals surface area contributed by atoms with Crippen molar-refractivity contribution in [1.29, 1.82) is 0 Å². The number of ether oxygens (including phenoxy) is 1. The predicted octanol–water partition coefficient (Wildman–Crippen LogP) is 3.01. The second kappa shape index (κ2) is 9.70. The molecule has 1 atom stereocenters. The van der Waals surface area contributed by atoms with Crippen molar-refractivity contribution < 1.29 is 14.4 Å². The maximum absolute atomic E-state index is 12.7. The first-order valence-electron chi connectivity index (χ1n) is 11.1. The Morgan fingerprint density at radius 3 is 2.64 bits per heavy atom. The van der Waals surface area contributed by atoms with E-state index in [-0.39, 0.29) is 11.7 Å². The molecule has 12 nitrogen and oxygen atoms in total. The van der Waals surface area contributed by atoms with Crippen LogP contribution in [0.1, 0.15) is 30.2 Å². The van der Waals surface area contributed by atoms with Crippen molar-refractivity contribution in [3.8, 4) is 28.8 Å². The molecule has 5 aromatic rings. The van der Waals surface area contributed by atoms with E-state index in [4.69, 9.17) is 9.26 Å². The zero-order chi connectivity index (χ0) is 25.1. The molecule has 36 heavy (non-hydrogen) atoms. The molecule has 0 radical (unpaired) electrons. The van der Waals surface area contributed by atoms with Gasteiger partial charge in [-0.15, -0.1) is 9.78 Å². The van der Waals surface area contributed by atoms with E-state index < -0.39 is 11.7 Å². The van der Waals surface area contributed by atoms with Crippen molar-refractivity contribution in [2.75, 3.05) is 11.9 Å². The van der Waals surface area contributed by atoms with E-state index in [1.54, 1.807) is 25.1 Å². The fourth-order valence-electron chi connectivity index (χ4n) is 3.64. The van der Waals surface area contributed by atoms with Crippen LogP contribution in [0, 0.1) is 6.92 Å². The van der Waals surface area contributed by atoms with E-state index in [9.17, 15) is 9.90 Å². The van der Waals surface area contributed by atoms with E-state index in [1.807, 2.05) is 31.2 Å². The van der Waals surface area contributed by atoms with Gasteiger partial charge in [-0.2, -0.15) is 4.98 Å². The number of benzene rings is 2. The fraction of sp³-hybridized carbons (Fsp3) is 0.167. The minimum atomic E-state index is -0.660. The number of aromatic nitrogens is 7. The summed E-state index contributed by atoms with van der Waals surface area (Å²) in [6, 6.07) is 13.2. The van der Waals surface area contributed by atoms with Gasteiger partial charge in [0.1, 0.15) is 17.5 Å². The molecule has 2 aromatic carbocycles. The number of aromatic hydroxyl groups is 1. The third kappa shape index (κ3) is 4.78. The molecule has 3 N–H and O–H groups in total. The molecule has 0 saturated heterocycles. The first-order valence-corrected chi connectivity index (χ1v) is 11.1. The summed E-state index contributed by atoms with van der Waals surface area (Å²) in [5, 5.41) is 22.1. The predicted molar refractivity (Wildman–Crippen MR) is 129 cm³/mol. The molecule has 0 aliphatic carbocycles. The highest BCUT2D eigenvalue weighted by Gasteiger charge is 2.22. The topological polar surface area (TPSA) is 157 Å². The molecule has 0 aliphatic rings. The molecular formula is C24H22N8O4. The first kappa shape index (κ1) is 22.8. The van der Waals surface area contributed by atoms with Gasteiger partial charge in [-0.3, -0.25) is 4.98 Å². The molecule has 3 heterocycles. The van der Waals surface area contributed by atoms with Crippen LogP contribution in [-0.2, 0) is 0 Å². The monoisotopic (exact) mass is 486 g/mol. The molecule has 0 amide bonds. The number of nitrogens with zero attached hydrogens (tertiary/aromatic N) is 6. The first-order chi connectivity index (χ1) is 17.5. The van der Waals surface area contributed by atoms with Crippen molar-refractivity contribution in [3.63, 3.8) is 0 Å². The molecule has 1 unspecified atom stereocenters. The molecule has 12 heteroatoms. The number of phenols is 1. The Hall–Kier alpha value is -5.00. The van der Waals surface area contributed by atoms with Crippen LogP contribution >= 0.6 is 0 Å². The molecule has 0 spiro atoms. The van der Waals surface area contributed by atoms with Crippen molar-refractivity contribution in [2.45, 2.75) is 19.9 Å². The highest BCUT2D eigenvalue weighted by atomic mass is 16.5. The second-order valence-electron chi connectivity index (χ2n) is 7.76. The SMILES string of the molecule is CCOc1cc(O)cc(C(Nc2ccc(-c3noc(C)n3)cc2)c2nn(-c3ncccn3)c(=O)[nH]2)c1. The summed E-state index contributed by atoms with van der Waals surface area (Å²) in [5.74, 6) is 1.88. The normalized spacial score (nSPS) is 11.8. The maximum atomic E-state index is 12.7. The highest BCUT2D eigenvalue weighted by molar-refractivity contribution is 5.60. The Bertz CT molecular complexity index is 1530. The zero-order valence-corrected chi connectivity index (χ0v) is 19.4. The van der Waals surface area contributed by atoms with Crippen molar-refractivity contribution >= 4 is 5.69 Å². The van der Waals surface area contributed by atoms with Crippen LogP contribution in [0.15, 0.2) is 70.2 Å². The van der Waals surface area contributed by atoms with Crippen LogP contribution in [0.5, 0.6) is 11.5 Å². The lowest BCUT2D eigenvalue weighted by atomic mass is 10.0. The van der Waals surface area contributed by atoms with E-state index in [0.29, 0.717) is 35.5 Å². The average Bonchev–Trinajstić information content (AvgIpc) is 3.49. The third-order valence-corrected chi connectivity index (χ3v) is 5.19. The number of phenolic OH excluding ortho intramolecular Hbond substituents is 1. The van der Waals surface area contributed by atoms with Gasteiger partial charge in [-0.05, 0) is 55.0 Å². The molecule has 3 aromatic heterocycles. The van der Waals surface area contributed by atoms with E-state index in [0.717, 1.165) is 15.9 Å². The Morgan fingerprint density at radius 2 is 1.94 bits per heavy atom. The molecule has 0 aliphatic heterocycles. The summed E-state index contributed by atoms with van der Waals surface area (Å²) in [5.41, 5.74) is 1.61. The summed E-state index contributed by atoms with van der Waals surface area (Å²) in [6.45, 7) is 4.00. The number of rotatable bonds is 8. The van der Waals surface area contributed by atoms with Gasteiger partial charge in [0.25, 0.3) is 5.95 Å². The standard InChI is InChI=1S/C24H22N8O4/c1-3-35-19-12-16(11-18(33)13-19)20(22-29-24(34)32(30-22)23-25-9-4-10-26-23)28-17-7-5-15(6-8-17)21-27-14(2)36-31-21/h4-13,20,28,33H,3H2,1-2H3,(H,29,30,34). The van der Waals surface area contributed by atoms with Crippen LogP contribution < -0.4 is 15.7 Å². The van der Waals surface area contributed by atoms with Crippen LogP contribution in [0.4, 0.5) is 5.69 Å². The van der Waals surface area contributed by atoms with Crippen molar-refractivity contribution in [1.82, 2.24) is 34.9 Å². The van der Waals surface area contributed by atoms with Crippen LogP contribution in [-0.4, -0.2) is 46.6 Å². The van der Waals surface area contributed by atoms with Gasteiger partial charge in [0.05, 0.1) is 6.61 Å². The lowest BCUT2D eigenvalue weighted by Crippen LogP contribution is -2.18. The Balaban J connectivity index is 1.54. The van der Waals surface area contributed by atoms with Gasteiger partial charge in [-0.25, -0.2) is 14.8 Å². The molecule has 5 rings (SSSR count). The van der Waals surface area contributed by atoms with Crippen LogP contribution in [0.25, 0.3) is 17.3 Å². The van der Waals surface area contributed by atoms with E-state index in [2.05, 4.69) is 35.5 Å². The van der Waals surface area contributed by atoms with Crippen molar-refractivity contribution in [2.24, 2.45) is 0 Å². The summed E-state index contributed by atoms with van der Waals surface area (Å²) < 4.78 is 11.7. The lowest BCUT2D eigenvalue weighted by Gasteiger charge is -2.19. The second-order valence-corrected chi connectivity index (χ2v) is 7.76. The van der Waals surface area contributed by atoms with Gasteiger partial charge < -0.3 is 19.7 Å². The van der Waals surface area contributed by atoms with Gasteiger partial charge >= 0.3 is 5.69 Å². The number of nitrogens with one attached hydrogen (secondary N) is 2. The van der Waals surface area contributed by atoms with Gasteiger partial charge in [-0.1, -0.05) is 5.16 Å². The third-order valence-electron chi connectivity index (χ3n) is 5.19. The summed E-state index contributed by atoms with van der Waals surface area (Å²) in [7, 11) is 0. The Labute approximate surface area is 204 Å². The summed E-state index contributed by atoms with van der Waals surface area (Å²) in [6.07, 6.45) is 3.05. The summed E-state index contributed by atoms with van der Waals surface area (Å²) in [4.78, 5) is 27.9. The number of H-pyrrole nitrogens is 1. The van der Waals surface area contributed by atoms with Gasteiger partial charge in [0, 0.05) is 36.6 Å². The summed E-state index contributed by atoms with van der Waals surface area (Å²) >= 11 is 0. The molecule has 182 valence electrons. The van der Waals surface area contributed by atoms with Gasteiger partial charge in [0.2, 0.25) is 11.7 Å². The van der Waals surface area contributed by atoms with Gasteiger partial charge in [0.15, 0.2) is 5.82 Å². The van der Waals surface area contributed by atoms with E-state index in [1.165, 1.54) is 18.5 Å². The van der Waals surface area contributed by atoms with Crippen molar-refractivity contribution in [3.05, 3.63) is 88.7 Å². The molecule has 0 fully saturated rings. The largest absolute Gasteiger partial charge is 0.508 e. The number of aryl methyl sites for hydroxylation is 1. The number of anilines is 1. The van der Waals surface area contributed by atoms with Crippen LogP contribution in [0.2, 0.25) is 0 Å². The lowest BCUT2D eigenvalue weighted by molar-refractivity contribution is 0.337.